The van der Waals surface area contributed by atoms with E-state index in [9.17, 15) is 13.5 Å². The van der Waals surface area contributed by atoms with E-state index >= 15 is 0 Å². The smallest absolute Gasteiger partial charge is 0.243 e. The molecule has 1 heterocycles. The van der Waals surface area contributed by atoms with Crippen LogP contribution in [0.1, 0.15) is 19.4 Å². The Hall–Kier alpha value is -0.950. The summed E-state index contributed by atoms with van der Waals surface area (Å²) in [5, 5.41) is 10.0. The van der Waals surface area contributed by atoms with Crippen LogP contribution in [0.25, 0.3) is 0 Å². The highest BCUT2D eigenvalue weighted by Gasteiger charge is 2.43. The Morgan fingerprint density at radius 2 is 1.85 bits per heavy atom. The summed E-state index contributed by atoms with van der Waals surface area (Å²) in [6.45, 7) is 5.97. The summed E-state index contributed by atoms with van der Waals surface area (Å²) in [6, 6.07) is 6.19. The lowest BCUT2D eigenvalue weighted by molar-refractivity contribution is -0.0157. The first-order valence-electron chi connectivity index (χ1n) is 6.65. The zero-order chi connectivity index (χ0) is 15.1. The highest BCUT2D eigenvalue weighted by molar-refractivity contribution is 7.89. The van der Waals surface area contributed by atoms with E-state index in [0.29, 0.717) is 0 Å². The van der Waals surface area contributed by atoms with Gasteiger partial charge in [0.1, 0.15) is 0 Å². The highest BCUT2D eigenvalue weighted by atomic mass is 32.2. The second-order valence-electron chi connectivity index (χ2n) is 6.21. The zero-order valence-electron chi connectivity index (χ0n) is 12.1. The molecule has 1 fully saturated rings. The van der Waals surface area contributed by atoms with Crippen molar-refractivity contribution in [1.29, 1.82) is 0 Å². The second-order valence-corrected chi connectivity index (χ2v) is 8.15. The fourth-order valence-electron chi connectivity index (χ4n) is 2.57. The highest BCUT2D eigenvalue weighted by Crippen LogP contribution is 2.31. The monoisotopic (exact) mass is 298 g/mol. The first-order chi connectivity index (χ1) is 9.14. The van der Waals surface area contributed by atoms with Crippen molar-refractivity contribution in [2.24, 2.45) is 11.1 Å². The minimum absolute atomic E-state index is 0.140. The van der Waals surface area contributed by atoms with Gasteiger partial charge < -0.3 is 10.8 Å². The molecular formula is C14H22N2O3S. The molecule has 20 heavy (non-hydrogen) atoms. The average molecular weight is 298 g/mol. The van der Waals surface area contributed by atoms with Crippen LogP contribution in [0.5, 0.6) is 0 Å². The van der Waals surface area contributed by atoms with Crippen LogP contribution in [0.4, 0.5) is 0 Å². The molecule has 0 aromatic heterocycles. The van der Waals surface area contributed by atoms with E-state index in [4.69, 9.17) is 5.73 Å². The first kappa shape index (κ1) is 15.4. The third-order valence-electron chi connectivity index (χ3n) is 3.86. The van der Waals surface area contributed by atoms with Crippen molar-refractivity contribution in [3.8, 4) is 0 Å². The maximum Gasteiger partial charge on any atom is 0.243 e. The standard InChI is InChI=1S/C14H22N2O3S/c1-10-4-6-11(7-5-10)20(18,19)16-8-12(15)13(17)14(2,3)9-16/h4-7,12-13,17H,8-9,15H2,1-3H3/t12-,13-/m1/s1. The zero-order valence-corrected chi connectivity index (χ0v) is 12.9. The number of benzene rings is 1. The third-order valence-corrected chi connectivity index (χ3v) is 5.69. The molecule has 1 saturated heterocycles. The Balaban J connectivity index is 2.33. The van der Waals surface area contributed by atoms with E-state index in [2.05, 4.69) is 0 Å². The number of hydrogen-bond donors (Lipinski definition) is 2. The molecule has 1 aromatic rings. The summed E-state index contributed by atoms with van der Waals surface area (Å²) < 4.78 is 26.6. The Morgan fingerprint density at radius 1 is 1.30 bits per heavy atom. The van der Waals surface area contributed by atoms with Crippen molar-refractivity contribution in [2.75, 3.05) is 13.1 Å². The van der Waals surface area contributed by atoms with Crippen molar-refractivity contribution in [3.63, 3.8) is 0 Å². The molecule has 0 spiro atoms. The molecule has 0 radical (unpaired) electrons. The van der Waals surface area contributed by atoms with Crippen LogP contribution in [-0.4, -0.2) is 43.1 Å². The minimum atomic E-state index is -3.56. The number of aryl methyl sites for hydroxylation is 1. The average Bonchev–Trinajstić information content (AvgIpc) is 2.35. The quantitative estimate of drug-likeness (QED) is 0.842. The number of rotatable bonds is 2. The van der Waals surface area contributed by atoms with Crippen LogP contribution in [-0.2, 0) is 10.0 Å². The number of hydrogen-bond acceptors (Lipinski definition) is 4. The molecule has 0 aliphatic carbocycles. The van der Waals surface area contributed by atoms with Gasteiger partial charge in [-0.3, -0.25) is 0 Å². The van der Waals surface area contributed by atoms with Crippen LogP contribution >= 0.6 is 0 Å². The van der Waals surface area contributed by atoms with Crippen LogP contribution in [0, 0.1) is 12.3 Å². The van der Waals surface area contributed by atoms with Gasteiger partial charge in [-0.15, -0.1) is 0 Å². The van der Waals surface area contributed by atoms with Crippen LogP contribution in [0.15, 0.2) is 29.2 Å². The number of aliphatic hydroxyl groups excluding tert-OH is 1. The molecular weight excluding hydrogens is 276 g/mol. The topological polar surface area (TPSA) is 83.6 Å². The maximum atomic E-state index is 12.6. The van der Waals surface area contributed by atoms with E-state index in [1.807, 2.05) is 20.8 Å². The van der Waals surface area contributed by atoms with Crippen LogP contribution in [0.2, 0.25) is 0 Å². The molecule has 1 aromatic carbocycles. The summed E-state index contributed by atoms with van der Waals surface area (Å²) in [6.07, 6.45) is -0.702. The molecule has 1 aliphatic heterocycles. The summed E-state index contributed by atoms with van der Waals surface area (Å²) >= 11 is 0. The van der Waals surface area contributed by atoms with Crippen molar-refractivity contribution in [1.82, 2.24) is 4.31 Å². The normalized spacial score (nSPS) is 27.4. The van der Waals surface area contributed by atoms with Gasteiger partial charge in [0.25, 0.3) is 0 Å². The van der Waals surface area contributed by atoms with Gasteiger partial charge in [-0.1, -0.05) is 31.5 Å². The number of nitrogens with zero attached hydrogens (tertiary/aromatic N) is 1. The van der Waals surface area contributed by atoms with E-state index in [0.717, 1.165) is 5.56 Å². The molecule has 5 nitrogen and oxygen atoms in total. The second kappa shape index (κ2) is 5.11. The summed E-state index contributed by atoms with van der Waals surface area (Å²) in [5.41, 5.74) is 6.34. The van der Waals surface area contributed by atoms with E-state index < -0.39 is 27.6 Å². The molecule has 2 atom stereocenters. The Bertz CT molecular complexity index is 581. The lowest BCUT2D eigenvalue weighted by atomic mass is 9.80. The van der Waals surface area contributed by atoms with Crippen molar-refractivity contribution in [3.05, 3.63) is 29.8 Å². The van der Waals surface area contributed by atoms with Gasteiger partial charge in [-0.25, -0.2) is 8.42 Å². The first-order valence-corrected chi connectivity index (χ1v) is 8.09. The fourth-order valence-corrected chi connectivity index (χ4v) is 4.22. The lowest BCUT2D eigenvalue weighted by Gasteiger charge is -2.44. The number of sulfonamides is 1. The number of nitrogens with two attached hydrogens (primary N) is 1. The molecule has 3 N–H and O–H groups in total. The molecule has 0 bridgehead atoms. The van der Waals surface area contributed by atoms with Gasteiger partial charge >= 0.3 is 0 Å². The van der Waals surface area contributed by atoms with Gasteiger partial charge in [0.2, 0.25) is 10.0 Å². The molecule has 2 rings (SSSR count). The van der Waals surface area contributed by atoms with Crippen LogP contribution in [0.3, 0.4) is 0 Å². The van der Waals surface area contributed by atoms with Gasteiger partial charge in [-0.2, -0.15) is 4.31 Å². The van der Waals surface area contributed by atoms with Gasteiger partial charge in [0, 0.05) is 24.5 Å². The van der Waals surface area contributed by atoms with Crippen molar-refractivity contribution in [2.45, 2.75) is 37.8 Å². The molecule has 1 aliphatic rings. The number of piperidine rings is 1. The molecule has 0 amide bonds. The third kappa shape index (κ3) is 2.74. The Morgan fingerprint density at radius 3 is 2.35 bits per heavy atom. The van der Waals surface area contributed by atoms with Gasteiger partial charge in [0.05, 0.1) is 11.0 Å². The Kier molecular flexibility index (Phi) is 3.94. The van der Waals surface area contributed by atoms with Crippen molar-refractivity contribution < 1.29 is 13.5 Å². The van der Waals surface area contributed by atoms with E-state index in [-0.39, 0.29) is 18.0 Å². The van der Waals surface area contributed by atoms with Crippen LogP contribution < -0.4 is 5.73 Å². The summed E-state index contributed by atoms with van der Waals surface area (Å²) in [7, 11) is -3.56. The largest absolute Gasteiger partial charge is 0.391 e. The predicted molar refractivity (Wildman–Crippen MR) is 77.7 cm³/mol. The molecule has 112 valence electrons. The predicted octanol–water partition coefficient (Wildman–Crippen LogP) is 0.714. The molecule has 0 saturated carbocycles. The summed E-state index contributed by atoms with van der Waals surface area (Å²) in [4.78, 5) is 0.266. The van der Waals surface area contributed by atoms with Gasteiger partial charge in [-0.05, 0) is 19.1 Å². The molecule has 0 unspecified atom stereocenters. The Labute approximate surface area is 120 Å². The lowest BCUT2D eigenvalue weighted by Crippen LogP contribution is -2.61. The minimum Gasteiger partial charge on any atom is -0.391 e. The molecule has 6 heteroatoms. The number of aliphatic hydroxyl groups is 1. The van der Waals surface area contributed by atoms with Gasteiger partial charge in [0.15, 0.2) is 0 Å². The summed E-state index contributed by atoms with van der Waals surface area (Å²) in [5.74, 6) is 0. The van der Waals surface area contributed by atoms with E-state index in [1.54, 1.807) is 24.3 Å². The van der Waals surface area contributed by atoms with E-state index in [1.165, 1.54) is 4.31 Å². The fraction of sp³-hybridized carbons (Fsp3) is 0.571. The van der Waals surface area contributed by atoms with Crippen molar-refractivity contribution >= 4 is 10.0 Å². The SMILES string of the molecule is Cc1ccc(S(=O)(=O)N2C[C@@H](N)[C@@H](O)C(C)(C)C2)cc1. The maximum absolute atomic E-state index is 12.6.